The Hall–Kier alpha value is -2.44. The van der Waals surface area contributed by atoms with Crippen molar-refractivity contribution in [3.05, 3.63) is 53.7 Å². The van der Waals surface area contributed by atoms with E-state index in [1.165, 1.54) is 5.56 Å². The lowest BCUT2D eigenvalue weighted by Crippen LogP contribution is -2.45. The summed E-state index contributed by atoms with van der Waals surface area (Å²) in [4.78, 5) is 24.9. The first-order valence-corrected chi connectivity index (χ1v) is 12.6. The van der Waals surface area contributed by atoms with Crippen LogP contribution in [0.4, 0.5) is 11.5 Å². The van der Waals surface area contributed by atoms with Gasteiger partial charge in [-0.3, -0.25) is 4.79 Å². The molecule has 2 aliphatic heterocycles. The number of carbonyl (C=O) groups excluding carboxylic acids is 1. The third-order valence-corrected chi connectivity index (χ3v) is 7.83. The molecule has 5 rings (SSSR count). The number of rotatable bonds is 5. The molecule has 1 amide bonds. The minimum Gasteiger partial charge on any atom is -0.385 e. The summed E-state index contributed by atoms with van der Waals surface area (Å²) in [5.74, 6) is 1.24. The predicted octanol–water partition coefficient (Wildman–Crippen LogP) is 3.58. The fraction of sp³-hybridized carbons (Fsp3) is 0.556. The Morgan fingerprint density at radius 2 is 1.73 bits per heavy atom. The number of piperazine rings is 1. The summed E-state index contributed by atoms with van der Waals surface area (Å²) >= 11 is 0. The van der Waals surface area contributed by atoms with Gasteiger partial charge in [-0.1, -0.05) is 31.0 Å². The molecule has 3 heterocycles. The van der Waals surface area contributed by atoms with Gasteiger partial charge in [-0.05, 0) is 68.5 Å². The number of anilines is 2. The zero-order valence-electron chi connectivity index (χ0n) is 19.7. The normalized spacial score (nSPS) is 23.8. The third-order valence-electron chi connectivity index (χ3n) is 7.83. The van der Waals surface area contributed by atoms with Gasteiger partial charge in [0.15, 0.2) is 0 Å². The van der Waals surface area contributed by atoms with Gasteiger partial charge in [-0.25, -0.2) is 4.98 Å². The van der Waals surface area contributed by atoms with E-state index < -0.39 is 5.60 Å². The van der Waals surface area contributed by atoms with Crippen molar-refractivity contribution in [2.75, 3.05) is 49.6 Å². The molecule has 2 saturated heterocycles. The Labute approximate surface area is 197 Å². The van der Waals surface area contributed by atoms with Crippen molar-refractivity contribution in [3.8, 4) is 0 Å². The minimum absolute atomic E-state index is 0.0205. The third kappa shape index (κ3) is 4.64. The number of hydrogen-bond donors (Lipinski definition) is 1. The minimum atomic E-state index is -0.688. The number of aromatic nitrogens is 1. The molecule has 176 valence electrons. The molecule has 6 heteroatoms. The van der Waals surface area contributed by atoms with Gasteiger partial charge < -0.3 is 19.8 Å². The van der Waals surface area contributed by atoms with Crippen LogP contribution in [0.2, 0.25) is 0 Å². The molecule has 1 aliphatic carbocycles. The number of likely N-dealkylation sites (N-methyl/N-ethyl adjacent to an activating group) is 1. The highest BCUT2D eigenvalue weighted by Crippen LogP contribution is 2.39. The van der Waals surface area contributed by atoms with Gasteiger partial charge in [0.25, 0.3) is 0 Å². The zero-order valence-corrected chi connectivity index (χ0v) is 19.7. The lowest BCUT2D eigenvalue weighted by molar-refractivity contribution is -0.123. The highest BCUT2D eigenvalue weighted by atomic mass is 16.3. The molecule has 0 bridgehead atoms. The van der Waals surface area contributed by atoms with Crippen molar-refractivity contribution >= 4 is 17.4 Å². The van der Waals surface area contributed by atoms with Gasteiger partial charge in [0, 0.05) is 50.5 Å². The molecule has 33 heavy (non-hydrogen) atoms. The fourth-order valence-electron chi connectivity index (χ4n) is 5.75. The first-order chi connectivity index (χ1) is 16.0. The summed E-state index contributed by atoms with van der Waals surface area (Å²) in [7, 11) is 2.16. The molecule has 1 aromatic carbocycles. The van der Waals surface area contributed by atoms with Crippen LogP contribution in [0.1, 0.15) is 49.7 Å². The van der Waals surface area contributed by atoms with Crippen molar-refractivity contribution in [1.29, 1.82) is 0 Å². The second-order valence-corrected chi connectivity index (χ2v) is 10.1. The van der Waals surface area contributed by atoms with Crippen LogP contribution in [0.5, 0.6) is 0 Å². The van der Waals surface area contributed by atoms with Crippen LogP contribution >= 0.6 is 0 Å². The number of hydrogen-bond acceptors (Lipinski definition) is 5. The zero-order chi connectivity index (χ0) is 22.8. The molecule has 1 aromatic heterocycles. The van der Waals surface area contributed by atoms with Crippen LogP contribution in [-0.2, 0) is 16.8 Å². The van der Waals surface area contributed by atoms with Gasteiger partial charge in [0.1, 0.15) is 5.82 Å². The number of benzene rings is 1. The molecular formula is C27H36N4O2. The van der Waals surface area contributed by atoms with Crippen molar-refractivity contribution < 1.29 is 9.90 Å². The van der Waals surface area contributed by atoms with Crippen LogP contribution in [0.15, 0.2) is 42.6 Å². The van der Waals surface area contributed by atoms with E-state index in [2.05, 4.69) is 22.9 Å². The molecular weight excluding hydrogens is 412 g/mol. The smallest absolute Gasteiger partial charge is 0.230 e. The molecule has 1 N–H and O–H groups in total. The summed E-state index contributed by atoms with van der Waals surface area (Å²) in [6, 6.07) is 12.2. The predicted molar refractivity (Wildman–Crippen MR) is 132 cm³/mol. The Morgan fingerprint density at radius 1 is 1.00 bits per heavy atom. The number of amides is 1. The fourth-order valence-corrected chi connectivity index (χ4v) is 5.75. The van der Waals surface area contributed by atoms with E-state index in [9.17, 15) is 9.90 Å². The highest BCUT2D eigenvalue weighted by molar-refractivity contribution is 5.96. The van der Waals surface area contributed by atoms with E-state index >= 15 is 0 Å². The number of aliphatic hydroxyl groups is 1. The van der Waals surface area contributed by atoms with E-state index in [0.29, 0.717) is 0 Å². The van der Waals surface area contributed by atoms with Crippen LogP contribution < -0.4 is 9.80 Å². The summed E-state index contributed by atoms with van der Waals surface area (Å²) in [6.07, 6.45) is 8.35. The van der Waals surface area contributed by atoms with Crippen molar-refractivity contribution in [1.82, 2.24) is 9.88 Å². The quantitative estimate of drug-likeness (QED) is 0.758. The summed E-state index contributed by atoms with van der Waals surface area (Å²) < 4.78 is 0. The Morgan fingerprint density at radius 3 is 2.45 bits per heavy atom. The topological polar surface area (TPSA) is 59.9 Å². The second kappa shape index (κ2) is 9.43. The Kier molecular flexibility index (Phi) is 6.39. The van der Waals surface area contributed by atoms with Crippen LogP contribution in [0.25, 0.3) is 0 Å². The van der Waals surface area contributed by atoms with Crippen molar-refractivity contribution in [2.24, 2.45) is 5.92 Å². The summed E-state index contributed by atoms with van der Waals surface area (Å²) in [5, 5.41) is 10.9. The first-order valence-electron chi connectivity index (χ1n) is 12.6. The number of pyridine rings is 1. The van der Waals surface area contributed by atoms with Gasteiger partial charge in [0.05, 0.1) is 5.60 Å². The van der Waals surface area contributed by atoms with Crippen LogP contribution in [0, 0.1) is 5.92 Å². The molecule has 1 saturated carbocycles. The van der Waals surface area contributed by atoms with Crippen LogP contribution in [0.3, 0.4) is 0 Å². The lowest BCUT2D eigenvalue weighted by atomic mass is 9.89. The summed E-state index contributed by atoms with van der Waals surface area (Å²) in [6.45, 7) is 4.79. The molecule has 1 atom stereocenters. The molecule has 6 nitrogen and oxygen atoms in total. The van der Waals surface area contributed by atoms with Gasteiger partial charge in [-0.15, -0.1) is 0 Å². The Balaban J connectivity index is 1.30. The SMILES string of the molecule is CN1CCN(c2ncccc2CC2CCCN(c3ccc(C4(O)CCCC4)cc3)C2=O)CC1. The number of nitrogens with zero attached hydrogens (tertiary/aromatic N) is 4. The molecule has 3 aliphatic rings. The van der Waals surface area contributed by atoms with Gasteiger partial charge >= 0.3 is 0 Å². The lowest BCUT2D eigenvalue weighted by Gasteiger charge is -2.36. The highest BCUT2D eigenvalue weighted by Gasteiger charge is 2.34. The number of piperidine rings is 1. The molecule has 2 aromatic rings. The Bertz CT molecular complexity index is 962. The van der Waals surface area contributed by atoms with E-state index in [1.807, 2.05) is 41.4 Å². The van der Waals surface area contributed by atoms with Gasteiger partial charge in [-0.2, -0.15) is 0 Å². The number of carbonyl (C=O) groups is 1. The molecule has 1 unspecified atom stereocenters. The van der Waals surface area contributed by atoms with E-state index in [-0.39, 0.29) is 11.8 Å². The monoisotopic (exact) mass is 448 g/mol. The maximum absolute atomic E-state index is 13.5. The van der Waals surface area contributed by atoms with Gasteiger partial charge in [0.2, 0.25) is 5.91 Å². The van der Waals surface area contributed by atoms with Crippen molar-refractivity contribution in [2.45, 2.75) is 50.5 Å². The van der Waals surface area contributed by atoms with E-state index in [0.717, 1.165) is 94.7 Å². The summed E-state index contributed by atoms with van der Waals surface area (Å²) in [5.41, 5.74) is 2.42. The average molecular weight is 449 g/mol. The largest absolute Gasteiger partial charge is 0.385 e. The van der Waals surface area contributed by atoms with Crippen LogP contribution in [-0.4, -0.2) is 60.7 Å². The molecule has 0 radical (unpaired) electrons. The maximum Gasteiger partial charge on any atom is 0.230 e. The van der Waals surface area contributed by atoms with E-state index in [1.54, 1.807) is 0 Å². The van der Waals surface area contributed by atoms with Crippen molar-refractivity contribution in [3.63, 3.8) is 0 Å². The second-order valence-electron chi connectivity index (χ2n) is 10.1. The molecule has 3 fully saturated rings. The maximum atomic E-state index is 13.5. The van der Waals surface area contributed by atoms with E-state index in [4.69, 9.17) is 4.98 Å². The molecule has 0 spiro atoms. The average Bonchev–Trinajstić information content (AvgIpc) is 3.29. The first kappa shape index (κ1) is 22.4. The standard InChI is InChI=1S/C27H36N4O2/c1-29-16-18-30(19-17-29)25-21(6-4-14-28-25)20-22-7-5-15-31(26(22)32)24-10-8-23(9-11-24)27(33)12-2-3-13-27/h4,6,8-11,14,22,33H,2-3,5,7,12-13,15-20H2,1H3.